The van der Waals surface area contributed by atoms with Crippen LogP contribution in [0.2, 0.25) is 0 Å². The molecule has 1 aliphatic rings. The van der Waals surface area contributed by atoms with Gasteiger partial charge in [-0.05, 0) is 32.6 Å². The fourth-order valence-corrected chi connectivity index (χ4v) is 2.66. The van der Waals surface area contributed by atoms with Crippen molar-refractivity contribution in [2.75, 3.05) is 0 Å². The Morgan fingerprint density at radius 3 is 2.26 bits per heavy atom. The average Bonchev–Trinajstić information content (AvgIpc) is 2.27. The normalized spacial score (nSPS) is 20.6. The maximum absolute atomic E-state index is 14.2. The smallest absolute Gasteiger partial charge is 0.363 e. The fraction of sp³-hybridized carbons (Fsp3) is 0.818. The minimum absolute atomic E-state index is 0.521. The topological polar surface area (TPSA) is 97.7 Å². The van der Waals surface area contributed by atoms with Gasteiger partial charge in [0.15, 0.2) is 0 Å². The third kappa shape index (κ3) is 3.97. The molecule has 1 unspecified atom stereocenters. The highest BCUT2D eigenvalue weighted by atomic mass is 32.2. The Bertz CT molecular complexity index is 454. The Labute approximate surface area is 111 Å². The lowest BCUT2D eigenvalue weighted by Gasteiger charge is -2.26. The van der Waals surface area contributed by atoms with Gasteiger partial charge in [-0.25, -0.2) is 9.18 Å². The van der Waals surface area contributed by atoms with Gasteiger partial charge in [-0.2, -0.15) is 8.42 Å². The van der Waals surface area contributed by atoms with Crippen molar-refractivity contribution in [3.63, 3.8) is 0 Å². The summed E-state index contributed by atoms with van der Waals surface area (Å²) >= 11 is 0. The van der Waals surface area contributed by atoms with Crippen molar-refractivity contribution in [3.05, 3.63) is 0 Å². The Hall–Kier alpha value is -1.02. The molecule has 0 aromatic rings. The summed E-state index contributed by atoms with van der Waals surface area (Å²) in [6.07, 6.45) is 1.80. The highest BCUT2D eigenvalue weighted by molar-refractivity contribution is 7.87. The number of ether oxygens (including phenoxy) is 1. The Balaban J connectivity index is 2.85. The number of ketones is 1. The van der Waals surface area contributed by atoms with Crippen LogP contribution >= 0.6 is 0 Å². The summed E-state index contributed by atoms with van der Waals surface area (Å²) < 4.78 is 49.8. The van der Waals surface area contributed by atoms with Gasteiger partial charge in [-0.15, -0.1) is 0 Å². The summed E-state index contributed by atoms with van der Waals surface area (Å²) in [5.74, 6) is -2.59. The second-order valence-electron chi connectivity index (χ2n) is 4.75. The predicted octanol–water partition coefficient (Wildman–Crippen LogP) is 1.40. The molecule has 0 bridgehead atoms. The number of hydrogen-bond acceptors (Lipinski definition) is 5. The summed E-state index contributed by atoms with van der Waals surface area (Å²) in [5, 5.41) is -3.71. The molecule has 0 radical (unpaired) electrons. The van der Waals surface area contributed by atoms with E-state index in [0.29, 0.717) is 12.8 Å². The molecule has 0 saturated heterocycles. The van der Waals surface area contributed by atoms with E-state index < -0.39 is 39.4 Å². The van der Waals surface area contributed by atoms with Crippen LogP contribution in [0.5, 0.6) is 0 Å². The highest BCUT2D eigenvalue weighted by Gasteiger charge is 2.54. The number of Topliss-reactive ketones (excluding diaryl/α,β-unsaturated/α-hetero) is 1. The minimum atomic E-state index is -5.37. The lowest BCUT2D eigenvalue weighted by atomic mass is 9.98. The zero-order chi connectivity index (χ0) is 14.7. The zero-order valence-corrected chi connectivity index (χ0v) is 11.4. The molecule has 0 amide bonds. The number of esters is 1. The monoisotopic (exact) mass is 296 g/mol. The van der Waals surface area contributed by atoms with E-state index in [-0.39, 0.29) is 0 Å². The van der Waals surface area contributed by atoms with Gasteiger partial charge in [0.05, 0.1) is 6.42 Å². The predicted molar refractivity (Wildman–Crippen MR) is 63.7 cm³/mol. The molecule has 110 valence electrons. The average molecular weight is 296 g/mol. The Morgan fingerprint density at radius 2 is 1.84 bits per heavy atom. The van der Waals surface area contributed by atoms with E-state index in [0.717, 1.165) is 26.2 Å². The molecule has 0 aromatic carbocycles. The largest absolute Gasteiger partial charge is 0.459 e. The van der Waals surface area contributed by atoms with Gasteiger partial charge in [-0.1, -0.05) is 6.42 Å². The zero-order valence-electron chi connectivity index (χ0n) is 10.6. The molecule has 0 heterocycles. The fourth-order valence-electron chi connectivity index (χ4n) is 2.01. The second kappa shape index (κ2) is 5.96. The van der Waals surface area contributed by atoms with Crippen molar-refractivity contribution in [1.82, 2.24) is 0 Å². The van der Waals surface area contributed by atoms with Crippen LogP contribution in [0, 0.1) is 0 Å². The van der Waals surface area contributed by atoms with Crippen LogP contribution in [0.3, 0.4) is 0 Å². The summed E-state index contributed by atoms with van der Waals surface area (Å²) in [6, 6.07) is 0. The lowest BCUT2D eigenvalue weighted by Crippen LogP contribution is -2.46. The third-order valence-electron chi connectivity index (χ3n) is 3.02. The second-order valence-corrected chi connectivity index (χ2v) is 6.34. The molecule has 1 fully saturated rings. The molecule has 6 nitrogen and oxygen atoms in total. The summed E-state index contributed by atoms with van der Waals surface area (Å²) in [5.41, 5.74) is 0. The third-order valence-corrected chi connectivity index (χ3v) is 4.14. The van der Waals surface area contributed by atoms with E-state index in [9.17, 15) is 22.4 Å². The first-order chi connectivity index (χ1) is 8.67. The summed E-state index contributed by atoms with van der Waals surface area (Å²) in [6.45, 7) is 0.924. The molecule has 19 heavy (non-hydrogen) atoms. The number of carbonyl (C=O) groups excluding carboxylic acids is 2. The molecule has 1 aliphatic carbocycles. The first kappa shape index (κ1) is 16.0. The SMILES string of the molecule is CC(=O)CC(F)(C(=O)OC1CCCCC1)S(=O)(=O)O. The van der Waals surface area contributed by atoms with E-state index in [4.69, 9.17) is 9.29 Å². The van der Waals surface area contributed by atoms with Crippen LogP contribution in [0.1, 0.15) is 45.4 Å². The molecular weight excluding hydrogens is 279 g/mol. The van der Waals surface area contributed by atoms with Crippen molar-refractivity contribution < 1.29 is 31.7 Å². The standard InChI is InChI=1S/C11H17FO6S/c1-8(13)7-11(12,19(15,16)17)10(14)18-9-5-3-2-4-6-9/h9H,2-7H2,1H3,(H,15,16,17). The van der Waals surface area contributed by atoms with Crippen LogP contribution in [0.15, 0.2) is 0 Å². The van der Waals surface area contributed by atoms with E-state index in [1.165, 1.54) is 0 Å². The van der Waals surface area contributed by atoms with Crippen LogP contribution < -0.4 is 0 Å². The van der Waals surface area contributed by atoms with Gasteiger partial charge in [0.2, 0.25) is 0 Å². The van der Waals surface area contributed by atoms with E-state index in [1.807, 2.05) is 0 Å². The number of alkyl halides is 1. The Morgan fingerprint density at radius 1 is 1.32 bits per heavy atom. The molecule has 1 saturated carbocycles. The van der Waals surface area contributed by atoms with E-state index in [2.05, 4.69) is 0 Å². The number of halogens is 1. The molecule has 8 heteroatoms. The van der Waals surface area contributed by atoms with Gasteiger partial charge < -0.3 is 4.74 Å². The van der Waals surface area contributed by atoms with Crippen LogP contribution in [-0.4, -0.2) is 35.8 Å². The molecule has 1 rings (SSSR count). The summed E-state index contributed by atoms with van der Waals surface area (Å²) in [7, 11) is -5.37. The quantitative estimate of drug-likeness (QED) is 0.608. The summed E-state index contributed by atoms with van der Waals surface area (Å²) in [4.78, 5) is 22.5. The molecular formula is C11H17FO6S. The minimum Gasteiger partial charge on any atom is -0.459 e. The van der Waals surface area contributed by atoms with Crippen molar-refractivity contribution in [2.45, 2.75) is 56.6 Å². The van der Waals surface area contributed by atoms with E-state index >= 15 is 0 Å². The number of rotatable bonds is 5. The maximum atomic E-state index is 14.2. The van der Waals surface area contributed by atoms with Gasteiger partial charge in [0.1, 0.15) is 11.9 Å². The highest BCUT2D eigenvalue weighted by Crippen LogP contribution is 2.28. The Kier molecular flexibility index (Phi) is 5.03. The first-order valence-electron chi connectivity index (χ1n) is 6.03. The van der Waals surface area contributed by atoms with Crippen LogP contribution in [0.25, 0.3) is 0 Å². The van der Waals surface area contributed by atoms with Gasteiger partial charge in [-0.3, -0.25) is 9.35 Å². The van der Waals surface area contributed by atoms with Crippen molar-refractivity contribution >= 4 is 21.9 Å². The van der Waals surface area contributed by atoms with Crippen molar-refractivity contribution in [3.8, 4) is 0 Å². The first-order valence-corrected chi connectivity index (χ1v) is 7.47. The van der Waals surface area contributed by atoms with Crippen molar-refractivity contribution in [2.24, 2.45) is 0 Å². The van der Waals surface area contributed by atoms with Gasteiger partial charge in [0.25, 0.3) is 0 Å². The van der Waals surface area contributed by atoms with Crippen molar-refractivity contribution in [1.29, 1.82) is 0 Å². The molecule has 0 aromatic heterocycles. The molecule has 1 atom stereocenters. The van der Waals surface area contributed by atoms with Crippen LogP contribution in [0.4, 0.5) is 4.39 Å². The molecule has 0 aliphatic heterocycles. The number of carbonyl (C=O) groups is 2. The van der Waals surface area contributed by atoms with Gasteiger partial charge in [0, 0.05) is 0 Å². The van der Waals surface area contributed by atoms with E-state index in [1.54, 1.807) is 0 Å². The molecule has 0 spiro atoms. The lowest BCUT2D eigenvalue weighted by molar-refractivity contribution is -0.160. The van der Waals surface area contributed by atoms with Gasteiger partial charge >= 0.3 is 21.1 Å². The maximum Gasteiger partial charge on any atom is 0.363 e. The van der Waals surface area contributed by atoms with Crippen LogP contribution in [-0.2, 0) is 24.4 Å². The number of hydrogen-bond donors (Lipinski definition) is 1. The molecule has 1 N–H and O–H groups in total.